The monoisotopic (exact) mass is 295 g/mol. The van der Waals surface area contributed by atoms with Crippen molar-refractivity contribution in [1.82, 2.24) is 0 Å². The molecule has 0 saturated carbocycles. The fourth-order valence-corrected chi connectivity index (χ4v) is 3.42. The lowest BCUT2D eigenvalue weighted by atomic mass is 9.83. The standard InChI is InChI=1S/C12H25NO5S/c1-11(2)18-8-7-17-9-12(10-19(13,14)15)3-5-16-6-4-12/h11H,3-10H2,1-2H3,(H2,13,14,15). The van der Waals surface area contributed by atoms with E-state index in [0.29, 0.717) is 45.9 Å². The summed E-state index contributed by atoms with van der Waals surface area (Å²) in [6.07, 6.45) is 1.49. The maximum absolute atomic E-state index is 11.3. The summed E-state index contributed by atoms with van der Waals surface area (Å²) in [6, 6.07) is 0. The van der Waals surface area contributed by atoms with Crippen LogP contribution in [0.2, 0.25) is 0 Å². The first-order valence-electron chi connectivity index (χ1n) is 6.61. The minimum atomic E-state index is -3.51. The average molecular weight is 295 g/mol. The van der Waals surface area contributed by atoms with Crippen LogP contribution in [0.4, 0.5) is 0 Å². The number of hydrogen-bond acceptors (Lipinski definition) is 5. The van der Waals surface area contributed by atoms with Crippen molar-refractivity contribution in [3.05, 3.63) is 0 Å². The summed E-state index contributed by atoms with van der Waals surface area (Å²) in [5.74, 6) is -0.0472. The summed E-state index contributed by atoms with van der Waals surface area (Å²) in [7, 11) is -3.51. The van der Waals surface area contributed by atoms with Crippen molar-refractivity contribution >= 4 is 10.0 Å². The van der Waals surface area contributed by atoms with Crippen LogP contribution >= 0.6 is 0 Å². The van der Waals surface area contributed by atoms with Crippen molar-refractivity contribution in [2.75, 3.05) is 38.8 Å². The van der Waals surface area contributed by atoms with Crippen molar-refractivity contribution in [2.45, 2.75) is 32.8 Å². The maximum atomic E-state index is 11.3. The quantitative estimate of drug-likeness (QED) is 0.659. The Morgan fingerprint density at radius 2 is 1.89 bits per heavy atom. The number of rotatable bonds is 8. The van der Waals surface area contributed by atoms with E-state index in [1.807, 2.05) is 13.8 Å². The van der Waals surface area contributed by atoms with Gasteiger partial charge in [0, 0.05) is 18.6 Å². The predicted molar refractivity (Wildman–Crippen MR) is 72.4 cm³/mol. The van der Waals surface area contributed by atoms with Gasteiger partial charge in [0.1, 0.15) is 0 Å². The van der Waals surface area contributed by atoms with Gasteiger partial charge in [-0.25, -0.2) is 13.6 Å². The van der Waals surface area contributed by atoms with E-state index in [2.05, 4.69) is 0 Å². The molecule has 114 valence electrons. The molecule has 19 heavy (non-hydrogen) atoms. The number of primary sulfonamides is 1. The highest BCUT2D eigenvalue weighted by Gasteiger charge is 2.36. The SMILES string of the molecule is CC(C)OCCOCC1(CS(N)(=O)=O)CCOCC1. The Bertz CT molecular complexity index is 349. The molecular weight excluding hydrogens is 270 g/mol. The molecule has 1 heterocycles. The zero-order chi connectivity index (χ0) is 14.4. The van der Waals surface area contributed by atoms with Crippen LogP contribution in [0.15, 0.2) is 0 Å². The molecule has 1 fully saturated rings. The molecule has 2 N–H and O–H groups in total. The Morgan fingerprint density at radius 3 is 2.42 bits per heavy atom. The van der Waals surface area contributed by atoms with Crippen LogP contribution in [0.5, 0.6) is 0 Å². The van der Waals surface area contributed by atoms with E-state index < -0.39 is 15.4 Å². The first-order chi connectivity index (χ1) is 8.83. The molecule has 0 spiro atoms. The summed E-state index contributed by atoms with van der Waals surface area (Å²) < 4.78 is 38.9. The molecule has 0 aliphatic carbocycles. The molecule has 1 rings (SSSR count). The molecule has 1 saturated heterocycles. The third-order valence-electron chi connectivity index (χ3n) is 3.15. The zero-order valence-corrected chi connectivity index (χ0v) is 12.6. The highest BCUT2D eigenvalue weighted by atomic mass is 32.2. The van der Waals surface area contributed by atoms with Gasteiger partial charge >= 0.3 is 0 Å². The lowest BCUT2D eigenvalue weighted by molar-refractivity contribution is -0.0455. The fraction of sp³-hybridized carbons (Fsp3) is 1.00. The van der Waals surface area contributed by atoms with Crippen molar-refractivity contribution in [3.8, 4) is 0 Å². The lowest BCUT2D eigenvalue weighted by Gasteiger charge is -2.36. The van der Waals surface area contributed by atoms with Crippen molar-refractivity contribution in [2.24, 2.45) is 10.6 Å². The van der Waals surface area contributed by atoms with Gasteiger partial charge in [0.25, 0.3) is 0 Å². The molecule has 1 aliphatic heterocycles. The smallest absolute Gasteiger partial charge is 0.209 e. The molecule has 1 aliphatic rings. The summed E-state index contributed by atoms with van der Waals surface area (Å²) in [5.41, 5.74) is -0.413. The van der Waals surface area contributed by atoms with Gasteiger partial charge < -0.3 is 14.2 Å². The maximum Gasteiger partial charge on any atom is 0.209 e. The van der Waals surface area contributed by atoms with E-state index in [1.54, 1.807) is 0 Å². The van der Waals surface area contributed by atoms with Gasteiger partial charge in [-0.2, -0.15) is 0 Å². The Kier molecular flexibility index (Phi) is 6.68. The fourth-order valence-electron chi connectivity index (χ4n) is 2.19. The largest absolute Gasteiger partial charge is 0.381 e. The Balaban J connectivity index is 2.41. The first-order valence-corrected chi connectivity index (χ1v) is 8.32. The second-order valence-corrected chi connectivity index (χ2v) is 7.01. The van der Waals surface area contributed by atoms with Crippen molar-refractivity contribution in [1.29, 1.82) is 0 Å². The lowest BCUT2D eigenvalue weighted by Crippen LogP contribution is -2.42. The Hall–Kier alpha value is -0.210. The molecular formula is C12H25NO5S. The van der Waals surface area contributed by atoms with Crippen LogP contribution in [-0.4, -0.2) is 53.3 Å². The van der Waals surface area contributed by atoms with Crippen LogP contribution in [0.3, 0.4) is 0 Å². The summed E-state index contributed by atoms with van der Waals surface area (Å²) in [4.78, 5) is 0. The second-order valence-electron chi connectivity index (χ2n) is 5.39. The second kappa shape index (κ2) is 7.54. The highest BCUT2D eigenvalue weighted by molar-refractivity contribution is 7.89. The third-order valence-corrected chi connectivity index (χ3v) is 4.16. The zero-order valence-electron chi connectivity index (χ0n) is 11.8. The normalized spacial score (nSPS) is 19.8. The predicted octanol–water partition coefficient (Wildman–Crippen LogP) is 0.513. The minimum absolute atomic E-state index is 0.0472. The van der Waals surface area contributed by atoms with Gasteiger partial charge in [-0.15, -0.1) is 0 Å². The van der Waals surface area contributed by atoms with Crippen LogP contribution in [0.1, 0.15) is 26.7 Å². The van der Waals surface area contributed by atoms with E-state index in [-0.39, 0.29) is 11.9 Å². The van der Waals surface area contributed by atoms with Gasteiger partial charge in [0.05, 0.1) is 31.7 Å². The highest BCUT2D eigenvalue weighted by Crippen LogP contribution is 2.32. The van der Waals surface area contributed by atoms with E-state index in [0.717, 1.165) is 0 Å². The molecule has 0 unspecified atom stereocenters. The van der Waals surface area contributed by atoms with Gasteiger partial charge in [-0.05, 0) is 26.7 Å². The molecule has 6 nitrogen and oxygen atoms in total. The summed E-state index contributed by atoms with van der Waals surface area (Å²) in [5, 5.41) is 5.17. The van der Waals surface area contributed by atoms with Gasteiger partial charge in [0.2, 0.25) is 10.0 Å². The molecule has 0 atom stereocenters. The Labute approximate surface area is 115 Å². The van der Waals surface area contributed by atoms with E-state index in [4.69, 9.17) is 19.3 Å². The topological polar surface area (TPSA) is 87.9 Å². The summed E-state index contributed by atoms with van der Waals surface area (Å²) >= 11 is 0. The van der Waals surface area contributed by atoms with Gasteiger partial charge in [0.15, 0.2) is 0 Å². The first kappa shape index (κ1) is 16.8. The number of sulfonamides is 1. The molecule has 0 radical (unpaired) electrons. The molecule has 0 bridgehead atoms. The van der Waals surface area contributed by atoms with E-state index >= 15 is 0 Å². The minimum Gasteiger partial charge on any atom is -0.381 e. The average Bonchev–Trinajstić information content (AvgIpc) is 2.27. The molecule has 7 heteroatoms. The molecule has 0 aromatic heterocycles. The van der Waals surface area contributed by atoms with Gasteiger partial charge in [-0.1, -0.05) is 0 Å². The Morgan fingerprint density at radius 1 is 1.26 bits per heavy atom. The van der Waals surface area contributed by atoms with Crippen LogP contribution in [-0.2, 0) is 24.2 Å². The van der Waals surface area contributed by atoms with Crippen molar-refractivity contribution < 1.29 is 22.6 Å². The summed E-state index contributed by atoms with van der Waals surface area (Å²) in [6.45, 7) is 6.39. The van der Waals surface area contributed by atoms with Crippen LogP contribution in [0.25, 0.3) is 0 Å². The van der Waals surface area contributed by atoms with Crippen LogP contribution < -0.4 is 5.14 Å². The van der Waals surface area contributed by atoms with Gasteiger partial charge in [-0.3, -0.25) is 0 Å². The van der Waals surface area contributed by atoms with Crippen molar-refractivity contribution in [3.63, 3.8) is 0 Å². The van der Waals surface area contributed by atoms with E-state index in [1.165, 1.54) is 0 Å². The number of nitrogens with two attached hydrogens (primary N) is 1. The number of ether oxygens (including phenoxy) is 3. The number of hydrogen-bond donors (Lipinski definition) is 1. The molecule has 0 aromatic rings. The van der Waals surface area contributed by atoms with E-state index in [9.17, 15) is 8.42 Å². The van der Waals surface area contributed by atoms with Crippen LogP contribution in [0, 0.1) is 5.41 Å². The molecule has 0 aromatic carbocycles. The molecule has 0 amide bonds. The third kappa shape index (κ3) is 7.22.